The minimum atomic E-state index is 0.397. The predicted molar refractivity (Wildman–Crippen MR) is 106 cm³/mol. The molecule has 0 aromatic heterocycles. The van der Waals surface area contributed by atoms with Crippen molar-refractivity contribution < 1.29 is 28.4 Å². The van der Waals surface area contributed by atoms with Gasteiger partial charge in [-0.2, -0.15) is 5.26 Å². The lowest BCUT2D eigenvalue weighted by Gasteiger charge is -2.14. The first-order valence-electron chi connectivity index (χ1n) is 8.28. The summed E-state index contributed by atoms with van der Waals surface area (Å²) in [5.74, 6) is 2.85. The van der Waals surface area contributed by atoms with Crippen molar-refractivity contribution in [3.63, 3.8) is 0 Å². The van der Waals surface area contributed by atoms with Crippen LogP contribution in [0.25, 0.3) is 11.6 Å². The Morgan fingerprint density at radius 2 is 1.07 bits per heavy atom. The van der Waals surface area contributed by atoms with E-state index in [1.54, 1.807) is 30.3 Å². The van der Waals surface area contributed by atoms with Crippen molar-refractivity contribution in [2.45, 2.75) is 0 Å². The standard InChI is InChI=1S/C21H23NO6/c1-23-16-8-13(9-17(24-2)20(16)27-5)7-15(12-22)14-10-18(25-3)21(28-6)19(11-14)26-4/h7-11H,1-6H3. The first-order chi connectivity index (χ1) is 13.6. The molecule has 0 aliphatic carbocycles. The third-order valence-electron chi connectivity index (χ3n) is 4.09. The highest BCUT2D eigenvalue weighted by molar-refractivity contribution is 5.91. The lowest BCUT2D eigenvalue weighted by molar-refractivity contribution is 0.324. The van der Waals surface area contributed by atoms with Crippen LogP contribution in [-0.4, -0.2) is 42.7 Å². The van der Waals surface area contributed by atoms with Crippen molar-refractivity contribution in [3.05, 3.63) is 35.4 Å². The van der Waals surface area contributed by atoms with E-state index in [4.69, 9.17) is 28.4 Å². The number of benzene rings is 2. The number of allylic oxidation sites excluding steroid dienone is 1. The topological polar surface area (TPSA) is 79.2 Å². The van der Waals surface area contributed by atoms with E-state index in [1.165, 1.54) is 42.7 Å². The van der Waals surface area contributed by atoms with Crippen LogP contribution in [0.5, 0.6) is 34.5 Å². The second kappa shape index (κ2) is 9.42. The quantitative estimate of drug-likeness (QED) is 0.505. The smallest absolute Gasteiger partial charge is 0.203 e. The van der Waals surface area contributed by atoms with E-state index in [1.807, 2.05) is 0 Å². The third-order valence-corrected chi connectivity index (χ3v) is 4.09. The summed E-state index contributed by atoms with van der Waals surface area (Å²) in [7, 11) is 9.18. The minimum Gasteiger partial charge on any atom is -0.493 e. The molecule has 0 unspecified atom stereocenters. The van der Waals surface area contributed by atoms with Crippen LogP contribution in [0, 0.1) is 11.3 Å². The molecule has 0 bridgehead atoms. The van der Waals surface area contributed by atoms with E-state index >= 15 is 0 Å². The van der Waals surface area contributed by atoms with E-state index < -0.39 is 0 Å². The summed E-state index contributed by atoms with van der Waals surface area (Å²) in [6, 6.07) is 9.16. The first kappa shape index (κ1) is 20.8. The molecule has 0 aliphatic rings. The lowest BCUT2D eigenvalue weighted by Crippen LogP contribution is -1.97. The van der Waals surface area contributed by atoms with Gasteiger partial charge in [-0.3, -0.25) is 0 Å². The van der Waals surface area contributed by atoms with Crippen molar-refractivity contribution in [2.75, 3.05) is 42.7 Å². The highest BCUT2D eigenvalue weighted by Gasteiger charge is 2.17. The Hall–Kier alpha value is -3.53. The molecule has 0 amide bonds. The van der Waals surface area contributed by atoms with Crippen LogP contribution >= 0.6 is 0 Å². The fourth-order valence-corrected chi connectivity index (χ4v) is 2.77. The SMILES string of the molecule is COc1cc(C=C(C#N)c2cc(OC)c(OC)c(OC)c2)cc(OC)c1OC. The summed E-state index contributed by atoms with van der Waals surface area (Å²) < 4.78 is 32.1. The summed E-state index contributed by atoms with van der Waals surface area (Å²) in [5, 5.41) is 9.73. The number of nitriles is 1. The van der Waals surface area contributed by atoms with Crippen LogP contribution in [0.4, 0.5) is 0 Å². The number of nitrogens with zero attached hydrogens (tertiary/aromatic N) is 1. The van der Waals surface area contributed by atoms with Crippen LogP contribution in [0.2, 0.25) is 0 Å². The van der Waals surface area contributed by atoms with E-state index in [9.17, 15) is 5.26 Å². The van der Waals surface area contributed by atoms with Gasteiger partial charge in [0.25, 0.3) is 0 Å². The fraction of sp³-hybridized carbons (Fsp3) is 0.286. The van der Waals surface area contributed by atoms with Gasteiger partial charge in [-0.25, -0.2) is 0 Å². The van der Waals surface area contributed by atoms with Crippen LogP contribution < -0.4 is 28.4 Å². The maximum atomic E-state index is 9.73. The highest BCUT2D eigenvalue weighted by atomic mass is 16.5. The molecule has 0 spiro atoms. The maximum absolute atomic E-state index is 9.73. The third kappa shape index (κ3) is 4.07. The van der Waals surface area contributed by atoms with Gasteiger partial charge in [0.2, 0.25) is 11.5 Å². The first-order valence-corrected chi connectivity index (χ1v) is 8.28. The summed E-state index contributed by atoms with van der Waals surface area (Å²) >= 11 is 0. The minimum absolute atomic E-state index is 0.397. The molecule has 2 aromatic rings. The monoisotopic (exact) mass is 385 g/mol. The molecule has 0 N–H and O–H groups in total. The number of ether oxygens (including phenoxy) is 6. The Balaban J connectivity index is 2.63. The van der Waals surface area contributed by atoms with Gasteiger partial charge in [-0.15, -0.1) is 0 Å². The molecule has 0 heterocycles. The largest absolute Gasteiger partial charge is 0.493 e. The van der Waals surface area contributed by atoms with E-state index in [0.717, 1.165) is 0 Å². The summed E-state index contributed by atoms with van der Waals surface area (Å²) in [6.07, 6.45) is 1.71. The van der Waals surface area contributed by atoms with Crippen molar-refractivity contribution in [2.24, 2.45) is 0 Å². The number of hydrogen-bond acceptors (Lipinski definition) is 7. The van der Waals surface area contributed by atoms with Crippen molar-refractivity contribution in [3.8, 4) is 40.6 Å². The van der Waals surface area contributed by atoms with Gasteiger partial charge in [0.1, 0.15) is 0 Å². The normalized spacial score (nSPS) is 10.7. The zero-order chi connectivity index (χ0) is 20.7. The Bertz CT molecular complexity index is 864. The lowest BCUT2D eigenvalue weighted by atomic mass is 10.0. The Morgan fingerprint density at radius 1 is 0.679 bits per heavy atom. The van der Waals surface area contributed by atoms with Gasteiger partial charge in [0.15, 0.2) is 23.0 Å². The average molecular weight is 385 g/mol. The molecule has 0 atom stereocenters. The molecule has 2 aromatic carbocycles. The highest BCUT2D eigenvalue weighted by Crippen LogP contribution is 2.41. The molecule has 2 rings (SSSR count). The van der Waals surface area contributed by atoms with Gasteiger partial charge < -0.3 is 28.4 Å². The van der Waals surface area contributed by atoms with E-state index in [-0.39, 0.29) is 0 Å². The molecule has 0 aliphatic heterocycles. The Kier molecular flexibility index (Phi) is 6.99. The molecular formula is C21H23NO6. The molecule has 0 radical (unpaired) electrons. The van der Waals surface area contributed by atoms with Crippen molar-refractivity contribution in [1.82, 2.24) is 0 Å². The van der Waals surface area contributed by atoms with E-state index in [2.05, 4.69) is 6.07 Å². The molecule has 28 heavy (non-hydrogen) atoms. The molecule has 7 heteroatoms. The zero-order valence-electron chi connectivity index (χ0n) is 16.8. The van der Waals surface area contributed by atoms with Crippen molar-refractivity contribution >= 4 is 11.6 Å². The number of methoxy groups -OCH3 is 6. The second-order valence-corrected chi connectivity index (χ2v) is 5.54. The summed E-state index contributed by atoms with van der Waals surface area (Å²) in [4.78, 5) is 0. The molecule has 148 valence electrons. The van der Waals surface area contributed by atoms with Gasteiger partial charge in [0.05, 0.1) is 54.3 Å². The predicted octanol–water partition coefficient (Wildman–Crippen LogP) is 3.80. The molecule has 0 saturated heterocycles. The van der Waals surface area contributed by atoms with Gasteiger partial charge in [-0.1, -0.05) is 0 Å². The fourth-order valence-electron chi connectivity index (χ4n) is 2.77. The maximum Gasteiger partial charge on any atom is 0.203 e. The Morgan fingerprint density at radius 3 is 1.39 bits per heavy atom. The van der Waals surface area contributed by atoms with Crippen molar-refractivity contribution in [1.29, 1.82) is 5.26 Å². The van der Waals surface area contributed by atoms with Gasteiger partial charge in [-0.05, 0) is 41.5 Å². The zero-order valence-corrected chi connectivity index (χ0v) is 16.8. The molecule has 7 nitrogen and oxygen atoms in total. The van der Waals surface area contributed by atoms with Crippen LogP contribution in [0.15, 0.2) is 24.3 Å². The summed E-state index contributed by atoms with van der Waals surface area (Å²) in [6.45, 7) is 0. The summed E-state index contributed by atoms with van der Waals surface area (Å²) in [5.41, 5.74) is 1.72. The van der Waals surface area contributed by atoms with Gasteiger partial charge >= 0.3 is 0 Å². The van der Waals surface area contributed by atoms with Crippen LogP contribution in [-0.2, 0) is 0 Å². The average Bonchev–Trinajstić information content (AvgIpc) is 2.75. The second-order valence-electron chi connectivity index (χ2n) is 5.54. The van der Waals surface area contributed by atoms with E-state index in [0.29, 0.717) is 51.2 Å². The van der Waals surface area contributed by atoms with Crippen LogP contribution in [0.1, 0.15) is 11.1 Å². The number of hydrogen-bond donors (Lipinski definition) is 0. The molecule has 0 fully saturated rings. The van der Waals surface area contributed by atoms with Gasteiger partial charge in [0, 0.05) is 0 Å². The molecule has 0 saturated carbocycles. The molecular weight excluding hydrogens is 362 g/mol. The number of rotatable bonds is 8. The Labute approximate surface area is 164 Å². The van der Waals surface area contributed by atoms with Crippen LogP contribution in [0.3, 0.4) is 0 Å².